The summed E-state index contributed by atoms with van der Waals surface area (Å²) in [5.74, 6) is -0.0683. The van der Waals surface area contributed by atoms with Crippen LogP contribution in [0, 0.1) is 6.92 Å². The van der Waals surface area contributed by atoms with E-state index >= 15 is 0 Å². The Kier molecular flexibility index (Phi) is 9.48. The predicted octanol–water partition coefficient (Wildman–Crippen LogP) is 6.38. The van der Waals surface area contributed by atoms with Gasteiger partial charge in [0.1, 0.15) is 11.8 Å². The Morgan fingerprint density at radius 2 is 1.70 bits per heavy atom. The third-order valence-corrected chi connectivity index (χ3v) is 7.18. The van der Waals surface area contributed by atoms with E-state index in [1.54, 1.807) is 23.1 Å². The summed E-state index contributed by atoms with van der Waals surface area (Å²) in [5, 5.41) is 4.02. The number of carbonyl (C=O) groups excluding carboxylic acids is 2. The Balaban J connectivity index is 1.62. The predicted molar refractivity (Wildman–Crippen MR) is 148 cm³/mol. The van der Waals surface area contributed by atoms with Crippen molar-refractivity contribution in [3.63, 3.8) is 0 Å². The molecule has 0 heterocycles. The summed E-state index contributed by atoms with van der Waals surface area (Å²) in [6.45, 7) is 2.04. The van der Waals surface area contributed by atoms with Crippen molar-refractivity contribution >= 4 is 35.0 Å². The Labute approximate surface area is 228 Å². The smallest absolute Gasteiger partial charge is 0.261 e. The number of carbonyl (C=O) groups is 2. The molecule has 3 aromatic rings. The Morgan fingerprint density at radius 1 is 0.973 bits per heavy atom. The number of hydrogen-bond donors (Lipinski definition) is 1. The molecule has 4 rings (SSSR count). The van der Waals surface area contributed by atoms with Gasteiger partial charge in [0.15, 0.2) is 6.61 Å². The van der Waals surface area contributed by atoms with Crippen LogP contribution in [0.5, 0.6) is 5.75 Å². The first-order chi connectivity index (χ1) is 17.9. The van der Waals surface area contributed by atoms with Crippen molar-refractivity contribution in [3.8, 4) is 5.75 Å². The van der Waals surface area contributed by atoms with Crippen LogP contribution in [0.15, 0.2) is 72.8 Å². The first kappa shape index (κ1) is 27.0. The maximum atomic E-state index is 13.7. The van der Waals surface area contributed by atoms with Gasteiger partial charge >= 0.3 is 0 Å². The molecule has 7 heteroatoms. The highest BCUT2D eigenvalue weighted by molar-refractivity contribution is 6.35. The second-order valence-electron chi connectivity index (χ2n) is 9.57. The van der Waals surface area contributed by atoms with Gasteiger partial charge in [-0.05, 0) is 49.1 Å². The third kappa shape index (κ3) is 7.73. The van der Waals surface area contributed by atoms with Crippen molar-refractivity contribution in [2.45, 2.75) is 57.7 Å². The van der Waals surface area contributed by atoms with Crippen LogP contribution in [0.25, 0.3) is 0 Å². The van der Waals surface area contributed by atoms with Gasteiger partial charge in [-0.25, -0.2) is 0 Å². The monoisotopic (exact) mass is 538 g/mol. The van der Waals surface area contributed by atoms with Gasteiger partial charge in [0, 0.05) is 24.0 Å². The van der Waals surface area contributed by atoms with Gasteiger partial charge in [-0.1, -0.05) is 96.2 Å². The molecule has 0 saturated heterocycles. The van der Waals surface area contributed by atoms with E-state index in [1.807, 2.05) is 61.5 Å². The highest BCUT2D eigenvalue weighted by Gasteiger charge is 2.32. The minimum Gasteiger partial charge on any atom is -0.482 e. The van der Waals surface area contributed by atoms with Crippen molar-refractivity contribution in [2.24, 2.45) is 0 Å². The molecular formula is C30H32Cl2N2O3. The third-order valence-electron chi connectivity index (χ3n) is 6.65. The number of benzene rings is 3. The Bertz CT molecular complexity index is 1210. The van der Waals surface area contributed by atoms with E-state index in [0.29, 0.717) is 22.2 Å². The molecule has 5 nitrogen and oxygen atoms in total. The quantitative estimate of drug-likeness (QED) is 0.325. The van der Waals surface area contributed by atoms with Crippen LogP contribution >= 0.6 is 23.2 Å². The lowest BCUT2D eigenvalue weighted by molar-refractivity contribution is -0.143. The molecule has 2 amide bonds. The number of nitrogens with zero attached hydrogens (tertiary/aromatic N) is 1. The summed E-state index contributed by atoms with van der Waals surface area (Å²) in [4.78, 5) is 29.0. The molecule has 1 atom stereocenters. The van der Waals surface area contributed by atoms with E-state index in [9.17, 15) is 9.59 Å². The zero-order chi connectivity index (χ0) is 26.2. The molecule has 0 radical (unpaired) electrons. The summed E-state index contributed by atoms with van der Waals surface area (Å²) < 4.78 is 5.80. The summed E-state index contributed by atoms with van der Waals surface area (Å²) in [5.41, 5.74) is 3.02. The number of amides is 2. The van der Waals surface area contributed by atoms with Gasteiger partial charge < -0.3 is 15.0 Å². The topological polar surface area (TPSA) is 58.6 Å². The maximum Gasteiger partial charge on any atom is 0.261 e. The van der Waals surface area contributed by atoms with Crippen molar-refractivity contribution in [3.05, 3.63) is 99.5 Å². The van der Waals surface area contributed by atoms with E-state index in [0.717, 1.165) is 42.4 Å². The van der Waals surface area contributed by atoms with Crippen molar-refractivity contribution in [1.29, 1.82) is 0 Å². The fourth-order valence-electron chi connectivity index (χ4n) is 4.74. The average molecular weight is 540 g/mol. The van der Waals surface area contributed by atoms with Gasteiger partial charge in [-0.3, -0.25) is 9.59 Å². The molecule has 1 fully saturated rings. The van der Waals surface area contributed by atoms with Crippen molar-refractivity contribution in [1.82, 2.24) is 10.2 Å². The zero-order valence-electron chi connectivity index (χ0n) is 21.0. The maximum absolute atomic E-state index is 13.7. The van der Waals surface area contributed by atoms with Gasteiger partial charge in [0.25, 0.3) is 5.91 Å². The molecule has 1 saturated carbocycles. The van der Waals surface area contributed by atoms with Crippen LogP contribution in [0.1, 0.15) is 42.4 Å². The molecule has 0 aromatic heterocycles. The van der Waals surface area contributed by atoms with Crippen LogP contribution in [0.2, 0.25) is 10.0 Å². The number of rotatable bonds is 10. The zero-order valence-corrected chi connectivity index (χ0v) is 22.5. The van der Waals surface area contributed by atoms with Gasteiger partial charge in [0.05, 0.1) is 5.02 Å². The minimum absolute atomic E-state index is 0.138. The number of nitrogens with one attached hydrogen (secondary N) is 1. The molecule has 0 bridgehead atoms. The number of hydrogen-bond acceptors (Lipinski definition) is 3. The van der Waals surface area contributed by atoms with Crippen LogP contribution < -0.4 is 10.1 Å². The molecule has 0 spiro atoms. The van der Waals surface area contributed by atoms with Crippen molar-refractivity contribution < 1.29 is 14.3 Å². The Morgan fingerprint density at radius 3 is 2.41 bits per heavy atom. The van der Waals surface area contributed by atoms with E-state index in [1.165, 1.54) is 0 Å². The summed E-state index contributed by atoms with van der Waals surface area (Å²) in [6.07, 6.45) is 4.55. The Hall–Kier alpha value is -3.02. The molecule has 1 aliphatic carbocycles. The van der Waals surface area contributed by atoms with Crippen LogP contribution in [0.3, 0.4) is 0 Å². The molecule has 194 valence electrons. The minimum atomic E-state index is -0.694. The summed E-state index contributed by atoms with van der Waals surface area (Å²) in [7, 11) is 0. The first-order valence-corrected chi connectivity index (χ1v) is 13.4. The fraction of sp³-hybridized carbons (Fsp3) is 0.333. The van der Waals surface area contributed by atoms with Crippen LogP contribution in [0.4, 0.5) is 0 Å². The summed E-state index contributed by atoms with van der Waals surface area (Å²) in [6, 6.07) is 22.1. The lowest BCUT2D eigenvalue weighted by atomic mass is 10.0. The first-order valence-electron chi connectivity index (χ1n) is 12.7. The fourth-order valence-corrected chi connectivity index (χ4v) is 5.21. The molecule has 0 aliphatic heterocycles. The number of aryl methyl sites for hydroxylation is 1. The average Bonchev–Trinajstić information content (AvgIpc) is 3.39. The normalized spacial score (nSPS) is 14.2. The number of halogens is 2. The van der Waals surface area contributed by atoms with Gasteiger partial charge in [0.2, 0.25) is 5.91 Å². The lowest BCUT2D eigenvalue weighted by Crippen LogP contribution is -2.53. The molecule has 37 heavy (non-hydrogen) atoms. The second-order valence-corrected chi connectivity index (χ2v) is 10.4. The van der Waals surface area contributed by atoms with Gasteiger partial charge in [-0.15, -0.1) is 0 Å². The molecule has 1 N–H and O–H groups in total. The molecule has 1 aliphatic rings. The summed E-state index contributed by atoms with van der Waals surface area (Å²) >= 11 is 12.3. The van der Waals surface area contributed by atoms with Crippen LogP contribution in [-0.4, -0.2) is 35.4 Å². The largest absolute Gasteiger partial charge is 0.482 e. The van der Waals surface area contributed by atoms with E-state index in [4.69, 9.17) is 27.9 Å². The van der Waals surface area contributed by atoms with E-state index < -0.39 is 6.04 Å². The highest BCUT2D eigenvalue weighted by atomic mass is 35.5. The second kappa shape index (κ2) is 13.0. The standard InChI is InChI=1S/C30H32Cl2N2O3/c1-21-8-7-11-23(16-21)19-34(29(35)20-37-28-15-14-24(31)18-26(28)32)27(17-22-9-3-2-4-10-22)30(36)33-25-12-5-6-13-25/h2-4,7-11,14-16,18,25,27H,5-6,12-13,17,19-20H2,1H3,(H,33,36)/t27-/m1/s1. The lowest BCUT2D eigenvalue weighted by Gasteiger charge is -2.32. The SMILES string of the molecule is Cc1cccc(CN(C(=O)COc2ccc(Cl)cc2Cl)[C@H](Cc2ccccc2)C(=O)NC2CCCC2)c1. The highest BCUT2D eigenvalue weighted by Crippen LogP contribution is 2.28. The van der Waals surface area contributed by atoms with Gasteiger partial charge in [-0.2, -0.15) is 0 Å². The van der Waals surface area contributed by atoms with E-state index in [-0.39, 0.29) is 31.0 Å². The van der Waals surface area contributed by atoms with E-state index in [2.05, 4.69) is 5.32 Å². The van der Waals surface area contributed by atoms with Crippen molar-refractivity contribution in [2.75, 3.05) is 6.61 Å². The molecule has 3 aromatic carbocycles. The molecule has 0 unspecified atom stereocenters. The number of ether oxygens (including phenoxy) is 1. The molecular weight excluding hydrogens is 507 g/mol. The van der Waals surface area contributed by atoms with Crippen LogP contribution in [-0.2, 0) is 22.6 Å².